The second-order valence-electron chi connectivity index (χ2n) is 3.86. The van der Waals surface area contributed by atoms with Crippen LogP contribution in [-0.4, -0.2) is 32.7 Å². The smallest absolute Gasteiger partial charge is 0.335 e. The van der Waals surface area contributed by atoms with E-state index in [0.717, 1.165) is 0 Å². The molecule has 0 unspecified atom stereocenters. The maximum atomic E-state index is 12.0. The fourth-order valence-corrected chi connectivity index (χ4v) is 3.07. The van der Waals surface area contributed by atoms with Crippen LogP contribution in [0.1, 0.15) is 22.8 Å². The van der Waals surface area contributed by atoms with Gasteiger partial charge in [-0.05, 0) is 30.7 Å². The molecule has 4 nitrogen and oxygen atoms in total. The van der Waals surface area contributed by atoms with Crippen LogP contribution in [0, 0.1) is 0 Å². The van der Waals surface area contributed by atoms with Crippen LogP contribution in [-0.2, 0) is 4.79 Å². The molecule has 0 bridgehead atoms. The molecule has 1 fully saturated rings. The topological polar surface area (TPSA) is 57.6 Å². The van der Waals surface area contributed by atoms with Crippen molar-refractivity contribution in [2.24, 2.45) is 0 Å². The van der Waals surface area contributed by atoms with Crippen LogP contribution >= 0.6 is 24.0 Å². The number of amides is 1. The number of hydrogen-bond donors (Lipinski definition) is 1. The Kier molecular flexibility index (Phi) is 4.01. The van der Waals surface area contributed by atoms with E-state index in [4.69, 9.17) is 17.3 Å². The molecular weight excluding hydrogens is 282 g/mol. The molecule has 0 saturated carbocycles. The van der Waals surface area contributed by atoms with Gasteiger partial charge in [0.25, 0.3) is 5.91 Å². The molecule has 1 saturated heterocycles. The third-order valence-electron chi connectivity index (χ3n) is 2.62. The normalized spacial score (nSPS) is 17.3. The molecule has 1 N–H and O–H groups in total. The van der Waals surface area contributed by atoms with Crippen LogP contribution in [0.4, 0.5) is 0 Å². The van der Waals surface area contributed by atoms with E-state index < -0.39 is 5.97 Å². The Hall–Kier alpha value is -1.66. The van der Waals surface area contributed by atoms with Crippen molar-refractivity contribution in [3.05, 3.63) is 40.3 Å². The Balaban J connectivity index is 2.32. The second kappa shape index (κ2) is 5.54. The molecule has 0 radical (unpaired) electrons. The molecule has 19 heavy (non-hydrogen) atoms. The van der Waals surface area contributed by atoms with E-state index in [1.165, 1.54) is 28.8 Å². The first kappa shape index (κ1) is 13.8. The summed E-state index contributed by atoms with van der Waals surface area (Å²) >= 11 is 6.35. The monoisotopic (exact) mass is 293 g/mol. The maximum absolute atomic E-state index is 12.0. The van der Waals surface area contributed by atoms with Gasteiger partial charge in [0, 0.05) is 6.54 Å². The number of thiocarbonyl (C=S) groups is 1. The molecule has 2 rings (SSSR count). The third kappa shape index (κ3) is 2.85. The van der Waals surface area contributed by atoms with Crippen LogP contribution in [0.15, 0.2) is 29.2 Å². The van der Waals surface area contributed by atoms with Gasteiger partial charge in [0.1, 0.15) is 4.32 Å². The van der Waals surface area contributed by atoms with E-state index in [-0.39, 0.29) is 11.5 Å². The van der Waals surface area contributed by atoms with Crippen LogP contribution in [0.3, 0.4) is 0 Å². The van der Waals surface area contributed by atoms with E-state index in [1.54, 1.807) is 18.2 Å². The second-order valence-corrected chi connectivity index (χ2v) is 5.53. The van der Waals surface area contributed by atoms with E-state index in [1.807, 2.05) is 6.92 Å². The molecular formula is C13H11NO3S2. The van der Waals surface area contributed by atoms with Gasteiger partial charge in [0.15, 0.2) is 0 Å². The van der Waals surface area contributed by atoms with Crippen molar-refractivity contribution in [3.63, 3.8) is 0 Å². The van der Waals surface area contributed by atoms with E-state index in [2.05, 4.69) is 0 Å². The summed E-state index contributed by atoms with van der Waals surface area (Å²) in [7, 11) is 0. The number of thioether (sulfide) groups is 1. The summed E-state index contributed by atoms with van der Waals surface area (Å²) in [5.41, 5.74) is 0.872. The summed E-state index contributed by atoms with van der Waals surface area (Å²) in [6.45, 7) is 2.40. The molecule has 1 amide bonds. The average Bonchev–Trinajstić information content (AvgIpc) is 2.64. The minimum Gasteiger partial charge on any atom is -0.478 e. The molecule has 0 aromatic heterocycles. The van der Waals surface area contributed by atoms with Crippen molar-refractivity contribution in [2.75, 3.05) is 6.54 Å². The number of likely N-dealkylation sites (N-methyl/N-ethyl adjacent to an activating group) is 1. The van der Waals surface area contributed by atoms with Gasteiger partial charge in [-0.15, -0.1) is 0 Å². The Bertz CT molecular complexity index is 595. The van der Waals surface area contributed by atoms with Crippen molar-refractivity contribution in [3.8, 4) is 0 Å². The van der Waals surface area contributed by atoms with Crippen LogP contribution in [0.2, 0.25) is 0 Å². The molecule has 0 atom stereocenters. The molecule has 1 aromatic carbocycles. The first-order valence-corrected chi connectivity index (χ1v) is 6.84. The Labute approximate surface area is 120 Å². The highest BCUT2D eigenvalue weighted by atomic mass is 32.2. The third-order valence-corrected chi connectivity index (χ3v) is 4.00. The largest absolute Gasteiger partial charge is 0.478 e. The zero-order valence-corrected chi connectivity index (χ0v) is 11.8. The predicted molar refractivity (Wildman–Crippen MR) is 79.0 cm³/mol. The lowest BCUT2D eigenvalue weighted by molar-refractivity contribution is -0.121. The standard InChI is InChI=1S/C13H11NO3S2/c1-2-14-11(15)10(19-13(14)18)7-8-4-3-5-9(6-8)12(16)17/h3-7H,2H2,1H3,(H,16,17)/b10-7+. The van der Waals surface area contributed by atoms with Crippen molar-refractivity contribution >= 4 is 46.3 Å². The number of nitrogens with zero attached hydrogens (tertiary/aromatic N) is 1. The lowest BCUT2D eigenvalue weighted by atomic mass is 10.1. The summed E-state index contributed by atoms with van der Waals surface area (Å²) in [6.07, 6.45) is 1.67. The SMILES string of the molecule is CCN1C(=O)/C(=C\c2cccc(C(=O)O)c2)SC1=S. The fraction of sp³-hybridized carbons (Fsp3) is 0.154. The Morgan fingerprint density at radius 2 is 2.26 bits per heavy atom. The van der Waals surface area contributed by atoms with Gasteiger partial charge < -0.3 is 5.11 Å². The first-order valence-electron chi connectivity index (χ1n) is 5.61. The van der Waals surface area contributed by atoms with Crippen LogP contribution < -0.4 is 0 Å². The summed E-state index contributed by atoms with van der Waals surface area (Å²) in [6, 6.07) is 6.44. The van der Waals surface area contributed by atoms with Gasteiger partial charge in [-0.3, -0.25) is 9.69 Å². The highest BCUT2D eigenvalue weighted by Crippen LogP contribution is 2.32. The van der Waals surface area contributed by atoms with Gasteiger partial charge in [-0.25, -0.2) is 4.79 Å². The lowest BCUT2D eigenvalue weighted by Gasteiger charge is -2.09. The molecule has 1 aliphatic rings. The highest BCUT2D eigenvalue weighted by molar-refractivity contribution is 8.26. The summed E-state index contributed by atoms with van der Waals surface area (Å²) in [4.78, 5) is 24.9. The number of carbonyl (C=O) groups is 2. The van der Waals surface area contributed by atoms with Gasteiger partial charge in [-0.1, -0.05) is 36.1 Å². The van der Waals surface area contributed by atoms with Gasteiger partial charge in [0.05, 0.1) is 10.5 Å². The zero-order chi connectivity index (χ0) is 14.0. The number of aromatic carboxylic acids is 1. The molecule has 1 heterocycles. The van der Waals surface area contributed by atoms with E-state index >= 15 is 0 Å². The lowest BCUT2D eigenvalue weighted by Crippen LogP contribution is -2.27. The van der Waals surface area contributed by atoms with Crippen molar-refractivity contribution in [1.29, 1.82) is 0 Å². The van der Waals surface area contributed by atoms with E-state index in [9.17, 15) is 9.59 Å². The van der Waals surface area contributed by atoms with Crippen molar-refractivity contribution < 1.29 is 14.7 Å². The minimum absolute atomic E-state index is 0.127. The predicted octanol–water partition coefficient (Wildman–Crippen LogP) is 2.61. The number of benzene rings is 1. The molecule has 0 aliphatic carbocycles. The van der Waals surface area contributed by atoms with E-state index in [0.29, 0.717) is 21.3 Å². The molecule has 98 valence electrons. The molecule has 0 spiro atoms. The quantitative estimate of drug-likeness (QED) is 0.686. The van der Waals surface area contributed by atoms with Crippen molar-refractivity contribution in [1.82, 2.24) is 4.90 Å². The number of rotatable bonds is 3. The Morgan fingerprint density at radius 3 is 2.84 bits per heavy atom. The number of carboxylic acid groups (broad SMARTS) is 1. The number of carbonyl (C=O) groups excluding carboxylic acids is 1. The van der Waals surface area contributed by atoms with Gasteiger partial charge in [0.2, 0.25) is 0 Å². The minimum atomic E-state index is -0.989. The molecule has 1 aromatic rings. The highest BCUT2D eigenvalue weighted by Gasteiger charge is 2.30. The zero-order valence-electron chi connectivity index (χ0n) is 10.1. The van der Waals surface area contributed by atoms with Gasteiger partial charge in [-0.2, -0.15) is 0 Å². The van der Waals surface area contributed by atoms with Gasteiger partial charge >= 0.3 is 5.97 Å². The fourth-order valence-electron chi connectivity index (χ4n) is 1.69. The average molecular weight is 293 g/mol. The summed E-state index contributed by atoms with van der Waals surface area (Å²) in [5, 5.41) is 8.92. The summed E-state index contributed by atoms with van der Waals surface area (Å²) in [5.74, 6) is -1.12. The maximum Gasteiger partial charge on any atom is 0.335 e. The van der Waals surface area contributed by atoms with Crippen LogP contribution in [0.5, 0.6) is 0 Å². The molecule has 1 aliphatic heterocycles. The summed E-state index contributed by atoms with van der Waals surface area (Å²) < 4.78 is 0.535. The first-order chi connectivity index (χ1) is 9.02. The molecule has 6 heteroatoms. The Morgan fingerprint density at radius 1 is 1.53 bits per heavy atom. The number of carboxylic acids is 1. The van der Waals surface area contributed by atoms with Crippen LogP contribution in [0.25, 0.3) is 6.08 Å². The number of hydrogen-bond acceptors (Lipinski definition) is 4. The van der Waals surface area contributed by atoms with Crippen molar-refractivity contribution in [2.45, 2.75) is 6.92 Å².